The van der Waals surface area contributed by atoms with Gasteiger partial charge in [0.2, 0.25) is 0 Å². The van der Waals surface area contributed by atoms with Crippen molar-refractivity contribution in [1.29, 1.82) is 0 Å². The molecule has 0 spiro atoms. The van der Waals surface area contributed by atoms with Crippen LogP contribution >= 0.6 is 11.3 Å². The number of hydrogen-bond acceptors (Lipinski definition) is 5. The molecule has 0 amide bonds. The largest absolute Gasteiger partial charge is 0.489 e. The molecule has 0 unspecified atom stereocenters. The van der Waals surface area contributed by atoms with E-state index < -0.39 is 0 Å². The van der Waals surface area contributed by atoms with E-state index >= 15 is 0 Å². The van der Waals surface area contributed by atoms with Crippen LogP contribution in [0.3, 0.4) is 0 Å². The normalized spacial score (nSPS) is 10.9. The minimum absolute atomic E-state index is 0.200. The lowest BCUT2D eigenvalue weighted by molar-refractivity contribution is -0.142. The number of hydrogen-bond donors (Lipinski definition) is 1. The van der Waals surface area contributed by atoms with Gasteiger partial charge >= 0.3 is 5.97 Å². The van der Waals surface area contributed by atoms with E-state index in [1.54, 1.807) is 11.3 Å². The highest BCUT2D eigenvalue weighted by Gasteiger charge is 2.12. The maximum Gasteiger partial charge on any atom is 0.310 e. The van der Waals surface area contributed by atoms with E-state index in [0.29, 0.717) is 25.5 Å². The molecule has 0 atom stereocenters. The molecule has 0 saturated heterocycles. The summed E-state index contributed by atoms with van der Waals surface area (Å²) in [6, 6.07) is 22.5. The van der Waals surface area contributed by atoms with Crippen molar-refractivity contribution in [3.8, 4) is 16.9 Å². The third-order valence-electron chi connectivity index (χ3n) is 5.11. The van der Waals surface area contributed by atoms with Crippen LogP contribution in [0.1, 0.15) is 23.6 Å². The summed E-state index contributed by atoms with van der Waals surface area (Å²) in [5.41, 5.74) is 11.2. The Bertz CT molecular complexity index is 1200. The van der Waals surface area contributed by atoms with E-state index in [9.17, 15) is 4.79 Å². The molecule has 31 heavy (non-hydrogen) atoms. The molecule has 5 heteroatoms. The quantitative estimate of drug-likeness (QED) is 0.363. The number of fused-ring (bicyclic) bond motifs is 1. The van der Waals surface area contributed by atoms with Crippen LogP contribution in [0.15, 0.2) is 72.1 Å². The second-order valence-electron chi connectivity index (χ2n) is 7.26. The van der Waals surface area contributed by atoms with Gasteiger partial charge in [0.15, 0.2) is 0 Å². The fourth-order valence-corrected chi connectivity index (χ4v) is 4.51. The minimum Gasteiger partial charge on any atom is -0.489 e. The van der Waals surface area contributed by atoms with Crippen LogP contribution in [-0.2, 0) is 29.1 Å². The minimum atomic E-state index is -0.249. The summed E-state index contributed by atoms with van der Waals surface area (Å²) in [4.78, 5) is 11.9. The number of rotatable bonds is 8. The predicted molar refractivity (Wildman–Crippen MR) is 126 cm³/mol. The van der Waals surface area contributed by atoms with Crippen LogP contribution in [-0.4, -0.2) is 12.6 Å². The second kappa shape index (κ2) is 9.77. The Kier molecular flexibility index (Phi) is 6.65. The topological polar surface area (TPSA) is 61.5 Å². The molecular formula is C26H25NO3S. The van der Waals surface area contributed by atoms with E-state index in [4.69, 9.17) is 15.2 Å². The molecule has 0 bridgehead atoms. The lowest BCUT2D eigenvalue weighted by Gasteiger charge is -2.13. The number of carbonyl (C=O) groups is 1. The number of ether oxygens (including phenoxy) is 2. The molecule has 2 N–H and O–H groups in total. The predicted octanol–water partition coefficient (Wildman–Crippen LogP) is 5.71. The standard InChI is InChI=1S/C26H25NO3S/c1-2-29-26(28)15-21-7-3-4-9-24(21)30-17-19-13-23(22-10-11-31-25(22)14-19)20-8-5-6-18(12-20)16-27/h3-14H,2,15-17,27H2,1H3. The molecule has 4 aromatic rings. The van der Waals surface area contributed by atoms with Gasteiger partial charge in [-0.15, -0.1) is 11.3 Å². The van der Waals surface area contributed by atoms with Crippen LogP contribution in [0.25, 0.3) is 21.2 Å². The maximum atomic E-state index is 11.9. The fraction of sp³-hybridized carbons (Fsp3) is 0.192. The Labute approximate surface area is 186 Å². The van der Waals surface area contributed by atoms with Gasteiger partial charge in [-0.25, -0.2) is 0 Å². The number of thiophene rings is 1. The smallest absolute Gasteiger partial charge is 0.310 e. The van der Waals surface area contributed by atoms with E-state index in [1.165, 1.54) is 15.6 Å². The number of carbonyl (C=O) groups excluding carboxylic acids is 1. The van der Waals surface area contributed by atoms with E-state index in [-0.39, 0.29) is 12.4 Å². The zero-order valence-corrected chi connectivity index (χ0v) is 18.3. The molecule has 1 heterocycles. The molecule has 0 fully saturated rings. The summed E-state index contributed by atoms with van der Waals surface area (Å²) in [5, 5.41) is 3.34. The molecule has 3 aromatic carbocycles. The van der Waals surface area contributed by atoms with Crippen LogP contribution in [0.2, 0.25) is 0 Å². The van der Waals surface area contributed by atoms with Gasteiger partial charge in [0.25, 0.3) is 0 Å². The Hall–Kier alpha value is -3.15. The number of nitrogens with two attached hydrogens (primary N) is 1. The van der Waals surface area contributed by atoms with Gasteiger partial charge in [-0.05, 0) is 64.9 Å². The van der Waals surface area contributed by atoms with Crippen LogP contribution < -0.4 is 10.5 Å². The Balaban J connectivity index is 1.61. The first-order valence-electron chi connectivity index (χ1n) is 10.3. The molecule has 158 valence electrons. The molecule has 0 aliphatic carbocycles. The summed E-state index contributed by atoms with van der Waals surface area (Å²) in [6.45, 7) is 3.11. The van der Waals surface area contributed by atoms with Gasteiger partial charge in [0.1, 0.15) is 12.4 Å². The third kappa shape index (κ3) is 4.95. The Morgan fingerprint density at radius 1 is 1.00 bits per heavy atom. The van der Waals surface area contributed by atoms with Gasteiger partial charge in [0, 0.05) is 22.2 Å². The summed E-state index contributed by atoms with van der Waals surface area (Å²) >= 11 is 1.72. The van der Waals surface area contributed by atoms with Crippen molar-refractivity contribution in [2.24, 2.45) is 5.73 Å². The number of para-hydroxylation sites is 1. The number of benzene rings is 3. The van der Waals surface area contributed by atoms with Gasteiger partial charge in [-0.3, -0.25) is 4.79 Å². The highest BCUT2D eigenvalue weighted by Crippen LogP contribution is 2.34. The highest BCUT2D eigenvalue weighted by atomic mass is 32.1. The summed E-state index contributed by atoms with van der Waals surface area (Å²) < 4.78 is 12.4. The van der Waals surface area contributed by atoms with Gasteiger partial charge in [-0.2, -0.15) is 0 Å². The SMILES string of the molecule is CCOC(=O)Cc1ccccc1OCc1cc(-c2cccc(CN)c2)c2ccsc2c1. The second-order valence-corrected chi connectivity index (χ2v) is 8.21. The monoisotopic (exact) mass is 431 g/mol. The highest BCUT2D eigenvalue weighted by molar-refractivity contribution is 7.17. The fourth-order valence-electron chi connectivity index (χ4n) is 3.64. The van der Waals surface area contributed by atoms with Crippen molar-refractivity contribution >= 4 is 27.4 Å². The zero-order valence-electron chi connectivity index (χ0n) is 17.5. The van der Waals surface area contributed by atoms with Gasteiger partial charge in [-0.1, -0.05) is 36.4 Å². The molecule has 4 rings (SSSR count). The summed E-state index contributed by atoms with van der Waals surface area (Å²) in [7, 11) is 0. The van der Waals surface area contributed by atoms with Crippen molar-refractivity contribution in [3.05, 3.63) is 88.8 Å². The first kappa shape index (κ1) is 21.1. The molecular weight excluding hydrogens is 406 g/mol. The van der Waals surface area contributed by atoms with Crippen molar-refractivity contribution in [2.45, 2.75) is 26.5 Å². The average molecular weight is 432 g/mol. The number of esters is 1. The van der Waals surface area contributed by atoms with Crippen molar-refractivity contribution in [3.63, 3.8) is 0 Å². The summed E-state index contributed by atoms with van der Waals surface area (Å²) in [6.07, 6.45) is 0.200. The van der Waals surface area contributed by atoms with Crippen molar-refractivity contribution in [1.82, 2.24) is 0 Å². The lowest BCUT2D eigenvalue weighted by atomic mass is 9.98. The molecule has 4 nitrogen and oxygen atoms in total. The van der Waals surface area contributed by atoms with Crippen LogP contribution in [0, 0.1) is 0 Å². The van der Waals surface area contributed by atoms with Crippen LogP contribution in [0.4, 0.5) is 0 Å². The first-order chi connectivity index (χ1) is 15.2. The van der Waals surface area contributed by atoms with Crippen molar-refractivity contribution in [2.75, 3.05) is 6.61 Å². The molecule has 0 radical (unpaired) electrons. The molecule has 0 aliphatic rings. The summed E-state index contributed by atoms with van der Waals surface area (Å²) in [5.74, 6) is 0.453. The Morgan fingerprint density at radius 3 is 2.71 bits per heavy atom. The third-order valence-corrected chi connectivity index (χ3v) is 5.98. The zero-order chi connectivity index (χ0) is 21.6. The first-order valence-corrected chi connectivity index (χ1v) is 11.2. The van der Waals surface area contributed by atoms with E-state index in [0.717, 1.165) is 22.3 Å². The van der Waals surface area contributed by atoms with E-state index in [1.807, 2.05) is 43.3 Å². The lowest BCUT2D eigenvalue weighted by Crippen LogP contribution is -2.09. The van der Waals surface area contributed by atoms with Gasteiger partial charge < -0.3 is 15.2 Å². The molecule has 0 aliphatic heterocycles. The molecule has 0 saturated carbocycles. The van der Waals surface area contributed by atoms with Crippen molar-refractivity contribution < 1.29 is 14.3 Å². The Morgan fingerprint density at radius 2 is 1.87 bits per heavy atom. The van der Waals surface area contributed by atoms with Gasteiger partial charge in [0.05, 0.1) is 13.0 Å². The maximum absolute atomic E-state index is 11.9. The molecule has 1 aromatic heterocycles. The van der Waals surface area contributed by atoms with E-state index in [2.05, 4.69) is 35.7 Å². The van der Waals surface area contributed by atoms with Crippen LogP contribution in [0.5, 0.6) is 5.75 Å². The average Bonchev–Trinajstić information content (AvgIpc) is 3.27.